The number of aromatic nitrogens is 1. The van der Waals surface area contributed by atoms with Crippen LogP contribution in [0.15, 0.2) is 12.1 Å². The summed E-state index contributed by atoms with van der Waals surface area (Å²) < 4.78 is 12.2. The van der Waals surface area contributed by atoms with Gasteiger partial charge in [-0.15, -0.1) is 0 Å². The lowest BCUT2D eigenvalue weighted by atomic mass is 10.0. The second-order valence-corrected chi connectivity index (χ2v) is 1.87. The largest absolute Gasteiger partial charge is 0.250 e. The van der Waals surface area contributed by atoms with Crippen molar-refractivity contribution in [1.29, 1.82) is 0 Å². The highest BCUT2D eigenvalue weighted by atomic mass is 35.5. The Kier molecular flexibility index (Phi) is 1.71. The van der Waals surface area contributed by atoms with Gasteiger partial charge in [0, 0.05) is 0 Å². The van der Waals surface area contributed by atoms with E-state index in [2.05, 4.69) is 4.98 Å². The standard InChI is InChI=1S/C5H2BClFN/c6-4-2-1-3(8)5(7)9-4/h1-2H. The average Bonchev–Trinajstić information content (AvgIpc) is 1.80. The molecule has 1 rings (SSSR count). The molecule has 4 heteroatoms. The topological polar surface area (TPSA) is 12.9 Å². The van der Waals surface area contributed by atoms with Gasteiger partial charge < -0.3 is 0 Å². The van der Waals surface area contributed by atoms with Crippen LogP contribution in [-0.4, -0.2) is 12.8 Å². The summed E-state index contributed by atoms with van der Waals surface area (Å²) in [7, 11) is 5.17. The van der Waals surface area contributed by atoms with Crippen LogP contribution >= 0.6 is 11.6 Å². The molecule has 9 heavy (non-hydrogen) atoms. The van der Waals surface area contributed by atoms with Gasteiger partial charge in [0.05, 0.1) is 0 Å². The molecule has 0 bridgehead atoms. The summed E-state index contributed by atoms with van der Waals surface area (Å²) >= 11 is 5.25. The number of hydrogen-bond donors (Lipinski definition) is 0. The fourth-order valence-electron chi connectivity index (χ4n) is 0.431. The molecule has 0 saturated carbocycles. The molecule has 0 atom stereocenters. The van der Waals surface area contributed by atoms with Crippen LogP contribution in [0.2, 0.25) is 5.15 Å². The molecule has 0 fully saturated rings. The zero-order valence-corrected chi connectivity index (χ0v) is 5.19. The Bertz CT molecular complexity index is 228. The van der Waals surface area contributed by atoms with Gasteiger partial charge in [-0.05, 0) is 17.7 Å². The Labute approximate surface area is 58.3 Å². The summed E-state index contributed by atoms with van der Waals surface area (Å²) in [6.45, 7) is 0. The molecular formula is C5H2BClFN. The van der Waals surface area contributed by atoms with Crippen molar-refractivity contribution in [3.05, 3.63) is 23.1 Å². The van der Waals surface area contributed by atoms with Gasteiger partial charge in [0.2, 0.25) is 0 Å². The molecule has 0 saturated heterocycles. The van der Waals surface area contributed by atoms with Crippen LogP contribution in [0, 0.1) is 5.82 Å². The van der Waals surface area contributed by atoms with Gasteiger partial charge in [0.25, 0.3) is 0 Å². The molecule has 0 aliphatic rings. The van der Waals surface area contributed by atoms with Gasteiger partial charge in [0.1, 0.15) is 7.85 Å². The Morgan fingerprint density at radius 2 is 2.22 bits per heavy atom. The molecule has 0 aliphatic carbocycles. The summed E-state index contributed by atoms with van der Waals surface area (Å²) in [6, 6.07) is 2.52. The Hall–Kier alpha value is -0.565. The van der Waals surface area contributed by atoms with E-state index in [1.165, 1.54) is 12.1 Å². The van der Waals surface area contributed by atoms with Crippen molar-refractivity contribution in [1.82, 2.24) is 4.98 Å². The highest BCUT2D eigenvalue weighted by Gasteiger charge is 1.97. The van der Waals surface area contributed by atoms with Crippen molar-refractivity contribution in [3.8, 4) is 0 Å². The van der Waals surface area contributed by atoms with Gasteiger partial charge in [0.15, 0.2) is 11.0 Å². The second kappa shape index (κ2) is 2.35. The lowest BCUT2D eigenvalue weighted by molar-refractivity contribution is 0.623. The van der Waals surface area contributed by atoms with E-state index in [9.17, 15) is 4.39 Å². The zero-order chi connectivity index (χ0) is 6.85. The molecule has 0 spiro atoms. The van der Waals surface area contributed by atoms with Gasteiger partial charge in [-0.3, -0.25) is 0 Å². The van der Waals surface area contributed by atoms with E-state index < -0.39 is 5.82 Å². The molecular weight excluding hydrogens is 139 g/mol. The molecule has 0 aromatic carbocycles. The maximum atomic E-state index is 12.2. The first-order chi connectivity index (χ1) is 4.20. The van der Waals surface area contributed by atoms with E-state index in [1.54, 1.807) is 0 Å². The summed E-state index contributed by atoms with van der Waals surface area (Å²) in [5.74, 6) is -0.550. The minimum absolute atomic E-state index is 0.185. The summed E-state index contributed by atoms with van der Waals surface area (Å²) in [4.78, 5) is 3.44. The lowest BCUT2D eigenvalue weighted by Gasteiger charge is -1.92. The van der Waals surface area contributed by atoms with Crippen LogP contribution < -0.4 is 5.59 Å². The predicted octanol–water partition coefficient (Wildman–Crippen LogP) is 0.668. The van der Waals surface area contributed by atoms with Gasteiger partial charge in [-0.2, -0.15) is 0 Å². The number of rotatable bonds is 0. The molecule has 2 radical (unpaired) electrons. The van der Waals surface area contributed by atoms with Crippen LogP contribution in [0.4, 0.5) is 4.39 Å². The molecule has 1 aromatic heterocycles. The third kappa shape index (κ3) is 1.42. The van der Waals surface area contributed by atoms with Crippen molar-refractivity contribution >= 4 is 25.0 Å². The highest BCUT2D eigenvalue weighted by Crippen LogP contribution is 2.06. The van der Waals surface area contributed by atoms with Gasteiger partial charge >= 0.3 is 0 Å². The molecule has 1 nitrogen and oxygen atoms in total. The lowest BCUT2D eigenvalue weighted by Crippen LogP contribution is -2.07. The van der Waals surface area contributed by atoms with E-state index in [-0.39, 0.29) is 10.7 Å². The van der Waals surface area contributed by atoms with E-state index in [1.807, 2.05) is 0 Å². The fourth-order valence-corrected chi connectivity index (χ4v) is 0.592. The SMILES string of the molecule is [B]c1ccc(F)c(Cl)n1. The van der Waals surface area contributed by atoms with Crippen LogP contribution in [0.3, 0.4) is 0 Å². The van der Waals surface area contributed by atoms with Crippen molar-refractivity contribution in [2.75, 3.05) is 0 Å². The number of pyridine rings is 1. The number of hydrogen-bond acceptors (Lipinski definition) is 1. The second-order valence-electron chi connectivity index (χ2n) is 1.51. The van der Waals surface area contributed by atoms with Crippen molar-refractivity contribution in [2.45, 2.75) is 0 Å². The smallest absolute Gasteiger partial charge is 0.164 e. The fraction of sp³-hybridized carbons (Fsp3) is 0. The predicted molar refractivity (Wildman–Crippen MR) is 34.6 cm³/mol. The van der Waals surface area contributed by atoms with Crippen LogP contribution in [0.1, 0.15) is 0 Å². The minimum Gasteiger partial charge on any atom is -0.250 e. The van der Waals surface area contributed by atoms with Crippen molar-refractivity contribution in [2.24, 2.45) is 0 Å². The Morgan fingerprint density at radius 3 is 2.67 bits per heavy atom. The molecule has 1 heterocycles. The highest BCUT2D eigenvalue weighted by molar-refractivity contribution is 6.33. The van der Waals surface area contributed by atoms with Crippen molar-refractivity contribution < 1.29 is 4.39 Å². The molecule has 44 valence electrons. The van der Waals surface area contributed by atoms with Gasteiger partial charge in [-0.1, -0.05) is 11.6 Å². The van der Waals surface area contributed by atoms with E-state index in [4.69, 9.17) is 19.4 Å². The van der Waals surface area contributed by atoms with Crippen LogP contribution in [0.25, 0.3) is 0 Å². The molecule has 0 aliphatic heterocycles. The first-order valence-corrected chi connectivity index (χ1v) is 2.65. The number of nitrogens with zero attached hydrogens (tertiary/aromatic N) is 1. The molecule has 0 unspecified atom stereocenters. The number of halogens is 2. The van der Waals surface area contributed by atoms with E-state index in [0.717, 1.165) is 0 Å². The van der Waals surface area contributed by atoms with E-state index in [0.29, 0.717) is 0 Å². The molecule has 0 N–H and O–H groups in total. The molecule has 1 aromatic rings. The zero-order valence-electron chi connectivity index (χ0n) is 4.44. The third-order valence-electron chi connectivity index (χ3n) is 0.825. The quantitative estimate of drug-likeness (QED) is 0.382. The normalized spacial score (nSPS) is 9.56. The van der Waals surface area contributed by atoms with E-state index >= 15 is 0 Å². The summed E-state index contributed by atoms with van der Waals surface area (Å²) in [6.07, 6.45) is 0. The van der Waals surface area contributed by atoms with Crippen LogP contribution in [0.5, 0.6) is 0 Å². The maximum absolute atomic E-state index is 12.2. The third-order valence-corrected chi connectivity index (χ3v) is 1.09. The summed E-state index contributed by atoms with van der Waals surface area (Å²) in [5.41, 5.74) is 0.224. The Balaban J connectivity index is 3.17. The maximum Gasteiger partial charge on any atom is 0.164 e. The minimum atomic E-state index is -0.550. The monoisotopic (exact) mass is 141 g/mol. The first kappa shape index (κ1) is 6.55. The Morgan fingerprint density at radius 1 is 1.56 bits per heavy atom. The first-order valence-electron chi connectivity index (χ1n) is 2.27. The van der Waals surface area contributed by atoms with Crippen LogP contribution in [-0.2, 0) is 0 Å². The van der Waals surface area contributed by atoms with Gasteiger partial charge in [-0.25, -0.2) is 9.37 Å². The molecule has 0 amide bonds. The van der Waals surface area contributed by atoms with Crippen molar-refractivity contribution in [3.63, 3.8) is 0 Å². The summed E-state index contributed by atoms with van der Waals surface area (Å²) in [5, 5.41) is -0.185. The average molecular weight is 141 g/mol.